The van der Waals surface area contributed by atoms with Crippen molar-refractivity contribution in [2.24, 2.45) is 0 Å². The van der Waals surface area contributed by atoms with Gasteiger partial charge in [0.1, 0.15) is 0 Å². The molecule has 0 fully saturated rings. The first kappa shape index (κ1) is 12.2. The van der Waals surface area contributed by atoms with E-state index in [9.17, 15) is 10.1 Å². The smallest absolute Gasteiger partial charge is 0.258 e. The predicted octanol–water partition coefficient (Wildman–Crippen LogP) is 4.00. The molecular weight excluding hydrogens is 281 g/mol. The number of rotatable bonds is 4. The Morgan fingerprint density at radius 2 is 2.27 bits per heavy atom. The Morgan fingerprint density at radius 3 is 2.87 bits per heavy atom. The lowest BCUT2D eigenvalue weighted by Crippen LogP contribution is -1.91. The van der Waals surface area contributed by atoms with Crippen molar-refractivity contribution in [3.8, 4) is 0 Å². The lowest BCUT2D eigenvalue weighted by molar-refractivity contribution is -0.385. The van der Waals surface area contributed by atoms with E-state index in [1.54, 1.807) is 18.2 Å². The summed E-state index contributed by atoms with van der Waals surface area (Å²) in [4.78, 5) is 10.3. The minimum absolute atomic E-state index is 0.0928. The Bertz CT molecular complexity index is 393. The van der Waals surface area contributed by atoms with Gasteiger partial charge < -0.3 is 0 Å². The van der Waals surface area contributed by atoms with Crippen LogP contribution in [0.1, 0.15) is 12.0 Å². The number of nitro benzene ring substituents is 1. The molecule has 0 aliphatic carbocycles. The second kappa shape index (κ2) is 5.88. The number of hydrogen-bond donors (Lipinski definition) is 0. The fourth-order valence-electron chi connectivity index (χ4n) is 1.09. The van der Waals surface area contributed by atoms with Crippen molar-refractivity contribution in [2.45, 2.75) is 6.42 Å². The zero-order valence-corrected chi connectivity index (χ0v) is 10.2. The second-order valence-electron chi connectivity index (χ2n) is 2.84. The summed E-state index contributed by atoms with van der Waals surface area (Å²) in [5.74, 6) is 0.515. The van der Waals surface area contributed by atoms with Gasteiger partial charge in [-0.25, -0.2) is 0 Å². The lowest BCUT2D eigenvalue weighted by atomic mass is 10.1. The van der Waals surface area contributed by atoms with Gasteiger partial charge in [0.05, 0.1) is 10.5 Å². The molecular formula is C10H9BrClNO2. The summed E-state index contributed by atoms with van der Waals surface area (Å²) in [6, 6.07) is 4.96. The highest BCUT2D eigenvalue weighted by Gasteiger charge is 2.11. The lowest BCUT2D eigenvalue weighted by Gasteiger charge is -1.97. The standard InChI is InChI=1S/C10H9BrClNO2/c11-9-5-4-8(3-1-2-6-12)10(7-9)13(14)15/h1,3-5,7H,2,6H2. The fourth-order valence-corrected chi connectivity index (χ4v) is 1.56. The topological polar surface area (TPSA) is 43.1 Å². The monoisotopic (exact) mass is 289 g/mol. The van der Waals surface area contributed by atoms with Crippen LogP contribution < -0.4 is 0 Å². The van der Waals surface area contributed by atoms with Crippen LogP contribution in [0.4, 0.5) is 5.69 Å². The predicted molar refractivity (Wildman–Crippen MR) is 65.2 cm³/mol. The van der Waals surface area contributed by atoms with E-state index in [1.165, 1.54) is 6.07 Å². The van der Waals surface area contributed by atoms with Gasteiger partial charge in [0.15, 0.2) is 0 Å². The SMILES string of the molecule is O=[N+]([O-])c1cc(Br)ccc1C=CCCCl. The van der Waals surface area contributed by atoms with Gasteiger partial charge in [0, 0.05) is 16.4 Å². The molecule has 0 aliphatic rings. The number of nitro groups is 1. The molecule has 0 saturated carbocycles. The highest BCUT2D eigenvalue weighted by molar-refractivity contribution is 9.10. The number of halogens is 2. The van der Waals surface area contributed by atoms with Gasteiger partial charge in [0.25, 0.3) is 5.69 Å². The van der Waals surface area contributed by atoms with E-state index in [0.717, 1.165) is 0 Å². The zero-order chi connectivity index (χ0) is 11.3. The number of hydrogen-bond acceptors (Lipinski definition) is 2. The molecule has 15 heavy (non-hydrogen) atoms. The molecule has 3 nitrogen and oxygen atoms in total. The summed E-state index contributed by atoms with van der Waals surface area (Å²) >= 11 is 8.70. The summed E-state index contributed by atoms with van der Waals surface area (Å²) in [7, 11) is 0. The average molecular weight is 291 g/mol. The van der Waals surface area contributed by atoms with Crippen molar-refractivity contribution in [1.29, 1.82) is 0 Å². The average Bonchev–Trinajstić information content (AvgIpc) is 2.20. The summed E-state index contributed by atoms with van der Waals surface area (Å²) in [6.07, 6.45) is 4.24. The molecule has 1 rings (SSSR count). The van der Waals surface area contributed by atoms with Gasteiger partial charge in [0.2, 0.25) is 0 Å². The van der Waals surface area contributed by atoms with Crippen LogP contribution >= 0.6 is 27.5 Å². The van der Waals surface area contributed by atoms with Gasteiger partial charge in [-0.3, -0.25) is 10.1 Å². The van der Waals surface area contributed by atoms with Crippen LogP contribution in [0.15, 0.2) is 28.7 Å². The van der Waals surface area contributed by atoms with Gasteiger partial charge in [-0.15, -0.1) is 11.6 Å². The van der Waals surface area contributed by atoms with Crippen molar-refractivity contribution < 1.29 is 4.92 Å². The minimum atomic E-state index is -0.398. The molecule has 0 amide bonds. The molecule has 0 bridgehead atoms. The highest BCUT2D eigenvalue weighted by Crippen LogP contribution is 2.24. The summed E-state index contributed by atoms with van der Waals surface area (Å²) in [5, 5.41) is 10.7. The van der Waals surface area contributed by atoms with E-state index in [1.807, 2.05) is 6.08 Å². The minimum Gasteiger partial charge on any atom is -0.258 e. The molecule has 0 saturated heterocycles. The maximum Gasteiger partial charge on any atom is 0.277 e. The Morgan fingerprint density at radius 1 is 1.53 bits per heavy atom. The highest BCUT2D eigenvalue weighted by atomic mass is 79.9. The van der Waals surface area contributed by atoms with Crippen LogP contribution in [0, 0.1) is 10.1 Å². The fraction of sp³-hybridized carbons (Fsp3) is 0.200. The van der Waals surface area contributed by atoms with Gasteiger partial charge in [-0.2, -0.15) is 0 Å². The molecule has 0 spiro atoms. The molecule has 0 aromatic heterocycles. The molecule has 0 radical (unpaired) electrons. The molecule has 0 atom stereocenters. The Labute approximate surface area is 101 Å². The normalized spacial score (nSPS) is 10.8. The van der Waals surface area contributed by atoms with E-state index in [-0.39, 0.29) is 5.69 Å². The van der Waals surface area contributed by atoms with Crippen LogP contribution in [0.25, 0.3) is 6.08 Å². The van der Waals surface area contributed by atoms with Crippen LogP contribution in [0.3, 0.4) is 0 Å². The summed E-state index contributed by atoms with van der Waals surface area (Å²) in [5.41, 5.74) is 0.684. The summed E-state index contributed by atoms with van der Waals surface area (Å²) in [6.45, 7) is 0. The largest absolute Gasteiger partial charge is 0.277 e. The third-order valence-corrected chi connectivity index (χ3v) is 2.47. The Kier molecular flexibility index (Phi) is 4.78. The maximum absolute atomic E-state index is 10.7. The molecule has 0 unspecified atom stereocenters. The van der Waals surface area contributed by atoms with Gasteiger partial charge >= 0.3 is 0 Å². The van der Waals surface area contributed by atoms with Crippen molar-refractivity contribution in [3.05, 3.63) is 44.4 Å². The number of nitrogens with zero attached hydrogens (tertiary/aromatic N) is 1. The third-order valence-electron chi connectivity index (χ3n) is 1.76. The first-order chi connectivity index (χ1) is 7.15. The number of alkyl halides is 1. The van der Waals surface area contributed by atoms with Crippen molar-refractivity contribution in [3.63, 3.8) is 0 Å². The first-order valence-electron chi connectivity index (χ1n) is 4.31. The van der Waals surface area contributed by atoms with Crippen LogP contribution in [-0.4, -0.2) is 10.8 Å². The molecule has 1 aromatic carbocycles. The van der Waals surface area contributed by atoms with E-state index in [2.05, 4.69) is 15.9 Å². The molecule has 0 heterocycles. The third kappa shape index (κ3) is 3.64. The van der Waals surface area contributed by atoms with Crippen LogP contribution in [0.2, 0.25) is 0 Å². The van der Waals surface area contributed by atoms with Gasteiger partial charge in [-0.05, 0) is 18.6 Å². The first-order valence-corrected chi connectivity index (χ1v) is 5.64. The van der Waals surface area contributed by atoms with Gasteiger partial charge in [-0.1, -0.05) is 28.1 Å². The van der Waals surface area contributed by atoms with Crippen molar-refractivity contribution in [1.82, 2.24) is 0 Å². The number of benzene rings is 1. The van der Waals surface area contributed by atoms with Crippen molar-refractivity contribution in [2.75, 3.05) is 5.88 Å². The van der Waals surface area contributed by atoms with E-state index < -0.39 is 4.92 Å². The summed E-state index contributed by atoms with van der Waals surface area (Å²) < 4.78 is 0.698. The molecule has 1 aromatic rings. The number of allylic oxidation sites excluding steroid dienone is 1. The van der Waals surface area contributed by atoms with Crippen LogP contribution in [0.5, 0.6) is 0 Å². The van der Waals surface area contributed by atoms with E-state index in [0.29, 0.717) is 22.3 Å². The Balaban J connectivity index is 3.01. The van der Waals surface area contributed by atoms with E-state index >= 15 is 0 Å². The molecule has 0 aliphatic heterocycles. The zero-order valence-electron chi connectivity index (χ0n) is 7.82. The molecule has 0 N–H and O–H groups in total. The quantitative estimate of drug-likeness (QED) is 0.478. The van der Waals surface area contributed by atoms with Crippen LogP contribution in [-0.2, 0) is 0 Å². The molecule has 80 valence electrons. The molecule has 5 heteroatoms. The second-order valence-corrected chi connectivity index (χ2v) is 4.13. The van der Waals surface area contributed by atoms with E-state index in [4.69, 9.17) is 11.6 Å². The maximum atomic E-state index is 10.7. The Hall–Kier alpha value is -0.870. The van der Waals surface area contributed by atoms with Crippen molar-refractivity contribution >= 4 is 39.3 Å².